The van der Waals surface area contributed by atoms with Gasteiger partial charge in [0.1, 0.15) is 18.2 Å². The molecule has 0 aliphatic carbocycles. The van der Waals surface area contributed by atoms with Crippen molar-refractivity contribution < 1.29 is 27.1 Å². The van der Waals surface area contributed by atoms with E-state index in [4.69, 9.17) is 9.47 Å². The number of nitrogens with one attached hydrogen (secondary N) is 1. The summed E-state index contributed by atoms with van der Waals surface area (Å²) in [6.45, 7) is 1.74. The summed E-state index contributed by atoms with van der Waals surface area (Å²) in [7, 11) is -1.09. The SMILES string of the molecule is CNS(=O)(=O)c1ccc(F)c(C(=O)OCc2cc(C)ccc2OC)c1. The Bertz CT molecular complexity index is 896. The molecule has 0 atom stereocenters. The highest BCUT2D eigenvalue weighted by Crippen LogP contribution is 2.22. The van der Waals surface area contributed by atoms with Gasteiger partial charge in [-0.2, -0.15) is 0 Å². The van der Waals surface area contributed by atoms with Gasteiger partial charge in [0.2, 0.25) is 10.0 Å². The topological polar surface area (TPSA) is 81.7 Å². The minimum absolute atomic E-state index is 0.133. The lowest BCUT2D eigenvalue weighted by Crippen LogP contribution is -2.19. The average molecular weight is 367 g/mol. The van der Waals surface area contributed by atoms with Gasteiger partial charge in [-0.3, -0.25) is 0 Å². The Morgan fingerprint density at radius 1 is 1.20 bits per heavy atom. The lowest BCUT2D eigenvalue weighted by atomic mass is 10.1. The molecule has 0 aromatic heterocycles. The zero-order valence-electron chi connectivity index (χ0n) is 14.0. The predicted molar refractivity (Wildman–Crippen MR) is 89.5 cm³/mol. The Kier molecular flexibility index (Phi) is 5.76. The Hall–Kier alpha value is -2.45. The molecule has 2 aromatic rings. The first kappa shape index (κ1) is 18.9. The zero-order chi connectivity index (χ0) is 18.6. The molecule has 8 heteroatoms. The van der Waals surface area contributed by atoms with Gasteiger partial charge < -0.3 is 9.47 Å². The molecule has 0 saturated carbocycles. The Balaban J connectivity index is 2.24. The third-order valence-corrected chi connectivity index (χ3v) is 4.94. The van der Waals surface area contributed by atoms with E-state index in [1.807, 2.05) is 13.0 Å². The van der Waals surface area contributed by atoms with E-state index >= 15 is 0 Å². The molecule has 0 unspecified atom stereocenters. The number of ether oxygens (including phenoxy) is 2. The standard InChI is InChI=1S/C17H18FNO5S/c1-11-4-7-16(23-3)12(8-11)10-24-17(20)14-9-13(5-6-15(14)18)25(21,22)19-2/h4-9,19H,10H2,1-3H3. The van der Waals surface area contributed by atoms with Crippen molar-refractivity contribution in [3.63, 3.8) is 0 Å². The van der Waals surface area contributed by atoms with Crippen LogP contribution in [-0.4, -0.2) is 28.5 Å². The van der Waals surface area contributed by atoms with Crippen LogP contribution in [-0.2, 0) is 21.4 Å². The fourth-order valence-corrected chi connectivity index (χ4v) is 2.94. The molecule has 2 rings (SSSR count). The van der Waals surface area contributed by atoms with Gasteiger partial charge in [-0.15, -0.1) is 0 Å². The maximum Gasteiger partial charge on any atom is 0.341 e. The summed E-state index contributed by atoms with van der Waals surface area (Å²) in [6.07, 6.45) is 0. The third kappa shape index (κ3) is 4.34. The Labute approximate surface area is 145 Å². The van der Waals surface area contributed by atoms with Crippen LogP contribution in [0.15, 0.2) is 41.3 Å². The van der Waals surface area contributed by atoms with Crippen LogP contribution in [0.2, 0.25) is 0 Å². The van der Waals surface area contributed by atoms with Gasteiger partial charge in [0.15, 0.2) is 0 Å². The maximum absolute atomic E-state index is 13.9. The van der Waals surface area contributed by atoms with E-state index in [1.54, 1.807) is 12.1 Å². The van der Waals surface area contributed by atoms with Gasteiger partial charge in [-0.25, -0.2) is 22.3 Å². The molecule has 0 amide bonds. The molecule has 0 heterocycles. The molecule has 0 aliphatic heterocycles. The number of methoxy groups -OCH3 is 1. The second-order valence-corrected chi connectivity index (χ2v) is 7.13. The fourth-order valence-electron chi connectivity index (χ4n) is 2.19. The van der Waals surface area contributed by atoms with Crippen molar-refractivity contribution in [2.24, 2.45) is 0 Å². The molecule has 0 bridgehead atoms. The second-order valence-electron chi connectivity index (χ2n) is 5.24. The monoisotopic (exact) mass is 367 g/mol. The highest BCUT2D eigenvalue weighted by Gasteiger charge is 2.19. The van der Waals surface area contributed by atoms with Crippen LogP contribution in [0.3, 0.4) is 0 Å². The number of aryl methyl sites for hydroxylation is 1. The van der Waals surface area contributed by atoms with E-state index in [9.17, 15) is 17.6 Å². The first-order chi connectivity index (χ1) is 11.8. The van der Waals surface area contributed by atoms with Gasteiger partial charge in [0.25, 0.3) is 0 Å². The molecule has 0 radical (unpaired) electrons. The molecule has 0 aliphatic rings. The van der Waals surface area contributed by atoms with Gasteiger partial charge in [-0.05, 0) is 44.3 Å². The lowest BCUT2D eigenvalue weighted by molar-refractivity contribution is 0.0464. The summed E-state index contributed by atoms with van der Waals surface area (Å²) in [6, 6.07) is 8.28. The molecular formula is C17H18FNO5S. The van der Waals surface area contributed by atoms with Gasteiger partial charge in [0, 0.05) is 5.56 Å². The van der Waals surface area contributed by atoms with Crippen LogP contribution >= 0.6 is 0 Å². The molecule has 0 fully saturated rings. The third-order valence-electron chi connectivity index (χ3n) is 3.53. The number of carbonyl (C=O) groups is 1. The molecule has 25 heavy (non-hydrogen) atoms. The van der Waals surface area contributed by atoms with Crippen molar-refractivity contribution in [3.8, 4) is 5.75 Å². The number of esters is 1. The van der Waals surface area contributed by atoms with Crippen molar-refractivity contribution in [2.45, 2.75) is 18.4 Å². The first-order valence-electron chi connectivity index (χ1n) is 7.32. The number of sulfonamides is 1. The molecule has 134 valence electrons. The number of hydrogen-bond acceptors (Lipinski definition) is 5. The first-order valence-corrected chi connectivity index (χ1v) is 8.80. The van der Waals surface area contributed by atoms with Gasteiger partial charge >= 0.3 is 5.97 Å². The highest BCUT2D eigenvalue weighted by molar-refractivity contribution is 7.89. The van der Waals surface area contributed by atoms with Crippen molar-refractivity contribution in [1.82, 2.24) is 4.72 Å². The summed E-state index contributed by atoms with van der Waals surface area (Å²) in [5.74, 6) is -1.30. The van der Waals surface area contributed by atoms with Crippen molar-refractivity contribution in [3.05, 3.63) is 58.9 Å². The zero-order valence-corrected chi connectivity index (χ0v) is 14.8. The summed E-state index contributed by atoms with van der Waals surface area (Å²) >= 11 is 0. The summed E-state index contributed by atoms with van der Waals surface area (Å²) in [5, 5.41) is 0. The molecule has 0 saturated heterocycles. The fraction of sp³-hybridized carbons (Fsp3) is 0.235. The van der Waals surface area contributed by atoms with E-state index in [2.05, 4.69) is 4.72 Å². The Morgan fingerprint density at radius 2 is 1.92 bits per heavy atom. The minimum atomic E-state index is -3.80. The molecule has 2 aromatic carbocycles. The van der Waals surface area contributed by atoms with Crippen molar-refractivity contribution in [2.75, 3.05) is 14.2 Å². The van der Waals surface area contributed by atoms with Crippen LogP contribution in [0, 0.1) is 12.7 Å². The minimum Gasteiger partial charge on any atom is -0.496 e. The van der Waals surface area contributed by atoms with E-state index in [0.29, 0.717) is 11.3 Å². The van der Waals surface area contributed by atoms with Crippen LogP contribution in [0.1, 0.15) is 21.5 Å². The van der Waals surface area contributed by atoms with Gasteiger partial charge in [0.05, 0.1) is 17.6 Å². The van der Waals surface area contributed by atoms with Crippen LogP contribution in [0.4, 0.5) is 4.39 Å². The molecule has 1 N–H and O–H groups in total. The lowest BCUT2D eigenvalue weighted by Gasteiger charge is -2.11. The normalized spacial score (nSPS) is 11.2. The van der Waals surface area contributed by atoms with Crippen LogP contribution in [0.5, 0.6) is 5.75 Å². The molecule has 0 spiro atoms. The smallest absolute Gasteiger partial charge is 0.341 e. The summed E-state index contributed by atoms with van der Waals surface area (Å²) in [5.41, 5.74) is 1.11. The number of rotatable bonds is 6. The van der Waals surface area contributed by atoms with E-state index in [1.165, 1.54) is 14.2 Å². The van der Waals surface area contributed by atoms with Crippen molar-refractivity contribution in [1.29, 1.82) is 0 Å². The average Bonchev–Trinajstić information content (AvgIpc) is 2.60. The maximum atomic E-state index is 13.9. The molecule has 6 nitrogen and oxygen atoms in total. The number of carbonyl (C=O) groups excluding carboxylic acids is 1. The van der Waals surface area contributed by atoms with Gasteiger partial charge in [-0.1, -0.05) is 11.6 Å². The van der Waals surface area contributed by atoms with Crippen LogP contribution in [0.25, 0.3) is 0 Å². The largest absolute Gasteiger partial charge is 0.496 e. The highest BCUT2D eigenvalue weighted by atomic mass is 32.2. The summed E-state index contributed by atoms with van der Waals surface area (Å²) < 4.78 is 49.9. The number of halogens is 1. The van der Waals surface area contributed by atoms with E-state index in [-0.39, 0.29) is 11.5 Å². The van der Waals surface area contributed by atoms with Crippen molar-refractivity contribution >= 4 is 16.0 Å². The second kappa shape index (κ2) is 7.62. The number of hydrogen-bond donors (Lipinski definition) is 1. The predicted octanol–water partition coefficient (Wildman–Crippen LogP) is 2.41. The van der Waals surface area contributed by atoms with E-state index in [0.717, 1.165) is 23.8 Å². The Morgan fingerprint density at radius 3 is 2.56 bits per heavy atom. The van der Waals surface area contributed by atoms with E-state index < -0.39 is 27.4 Å². The quantitative estimate of drug-likeness (QED) is 0.793. The summed E-state index contributed by atoms with van der Waals surface area (Å²) in [4.78, 5) is 11.9. The number of benzene rings is 2. The molecular weight excluding hydrogens is 349 g/mol. The van der Waals surface area contributed by atoms with Crippen LogP contribution < -0.4 is 9.46 Å².